The van der Waals surface area contributed by atoms with Crippen molar-refractivity contribution in [1.82, 2.24) is 4.90 Å². The molecule has 0 aliphatic carbocycles. The van der Waals surface area contributed by atoms with E-state index in [4.69, 9.17) is 0 Å². The lowest BCUT2D eigenvalue weighted by Crippen LogP contribution is -2.34. The van der Waals surface area contributed by atoms with Crippen molar-refractivity contribution in [2.75, 3.05) is 11.9 Å². The number of rotatable bonds is 2. The molecular formula is C18H20N2. The Bertz CT molecular complexity index is 631. The van der Waals surface area contributed by atoms with Crippen LogP contribution < -0.4 is 4.90 Å². The first-order valence-electron chi connectivity index (χ1n) is 7.02. The van der Waals surface area contributed by atoms with Gasteiger partial charge in [-0.3, -0.25) is 0 Å². The standard InChI is InChI=1S/C18H20N2/c1-14-9-7-8-12-17(14)20-13-18(19(3)15(20)2)16-10-5-4-6-11-16/h4-13,15H,1-3H3/t15-/m0/s1. The van der Waals surface area contributed by atoms with E-state index in [9.17, 15) is 0 Å². The van der Waals surface area contributed by atoms with Gasteiger partial charge in [-0.1, -0.05) is 48.5 Å². The molecule has 102 valence electrons. The summed E-state index contributed by atoms with van der Waals surface area (Å²) in [6, 6.07) is 19.1. The largest absolute Gasteiger partial charge is 0.353 e. The lowest BCUT2D eigenvalue weighted by atomic mass is 10.1. The highest BCUT2D eigenvalue weighted by molar-refractivity contribution is 5.72. The zero-order valence-electron chi connectivity index (χ0n) is 12.2. The van der Waals surface area contributed by atoms with Crippen LogP contribution in [0.25, 0.3) is 5.70 Å². The molecule has 0 saturated heterocycles. The van der Waals surface area contributed by atoms with Gasteiger partial charge in [-0.25, -0.2) is 0 Å². The highest BCUT2D eigenvalue weighted by atomic mass is 15.4. The summed E-state index contributed by atoms with van der Waals surface area (Å²) in [6.07, 6.45) is 2.58. The second-order valence-electron chi connectivity index (χ2n) is 5.32. The normalized spacial score (nSPS) is 18.4. The summed E-state index contributed by atoms with van der Waals surface area (Å²) in [6.45, 7) is 4.40. The van der Waals surface area contributed by atoms with Crippen LogP contribution in [0.15, 0.2) is 60.8 Å². The lowest BCUT2D eigenvalue weighted by Gasteiger charge is -2.29. The molecule has 1 atom stereocenters. The van der Waals surface area contributed by atoms with Gasteiger partial charge in [-0.2, -0.15) is 0 Å². The quantitative estimate of drug-likeness (QED) is 0.806. The maximum Gasteiger partial charge on any atom is 0.103 e. The molecule has 1 heterocycles. The van der Waals surface area contributed by atoms with Crippen LogP contribution in [0.4, 0.5) is 5.69 Å². The number of hydrogen-bond acceptors (Lipinski definition) is 2. The molecule has 20 heavy (non-hydrogen) atoms. The fourth-order valence-corrected chi connectivity index (χ4v) is 2.73. The topological polar surface area (TPSA) is 6.48 Å². The van der Waals surface area contributed by atoms with Crippen LogP contribution in [-0.2, 0) is 0 Å². The molecule has 0 amide bonds. The van der Waals surface area contributed by atoms with Crippen LogP contribution in [-0.4, -0.2) is 18.1 Å². The van der Waals surface area contributed by atoms with Gasteiger partial charge < -0.3 is 9.80 Å². The minimum absolute atomic E-state index is 0.325. The molecule has 0 unspecified atom stereocenters. The minimum Gasteiger partial charge on any atom is -0.353 e. The Balaban J connectivity index is 2.02. The van der Waals surface area contributed by atoms with Crippen molar-refractivity contribution in [2.24, 2.45) is 0 Å². The SMILES string of the molecule is Cc1ccccc1N1C=C(c2ccccc2)N(C)[C@@H]1C. The predicted octanol–water partition coefficient (Wildman–Crippen LogP) is 4.09. The van der Waals surface area contributed by atoms with Gasteiger partial charge in [0.15, 0.2) is 0 Å². The smallest absolute Gasteiger partial charge is 0.103 e. The highest BCUT2D eigenvalue weighted by Crippen LogP contribution is 2.33. The predicted molar refractivity (Wildman–Crippen MR) is 85.3 cm³/mol. The highest BCUT2D eigenvalue weighted by Gasteiger charge is 2.27. The molecule has 2 aromatic rings. The number of benzene rings is 2. The van der Waals surface area contributed by atoms with Crippen molar-refractivity contribution in [3.63, 3.8) is 0 Å². The first kappa shape index (κ1) is 12.8. The van der Waals surface area contributed by atoms with Crippen molar-refractivity contribution in [3.8, 4) is 0 Å². The van der Waals surface area contributed by atoms with Crippen molar-refractivity contribution in [2.45, 2.75) is 20.0 Å². The van der Waals surface area contributed by atoms with Crippen molar-refractivity contribution < 1.29 is 0 Å². The van der Waals surface area contributed by atoms with Crippen LogP contribution in [0.2, 0.25) is 0 Å². The summed E-state index contributed by atoms with van der Waals surface area (Å²) < 4.78 is 0. The summed E-state index contributed by atoms with van der Waals surface area (Å²) in [7, 11) is 2.15. The Morgan fingerprint density at radius 3 is 2.25 bits per heavy atom. The zero-order chi connectivity index (χ0) is 14.1. The van der Waals surface area contributed by atoms with Gasteiger partial charge in [-0.05, 0) is 31.0 Å². The van der Waals surface area contributed by atoms with Crippen molar-refractivity contribution >= 4 is 11.4 Å². The van der Waals surface area contributed by atoms with Crippen LogP contribution >= 0.6 is 0 Å². The first-order valence-corrected chi connectivity index (χ1v) is 7.02. The number of para-hydroxylation sites is 1. The van der Waals surface area contributed by atoms with E-state index in [1.807, 2.05) is 0 Å². The molecule has 0 N–H and O–H groups in total. The molecule has 1 aliphatic heterocycles. The van der Waals surface area contributed by atoms with E-state index in [1.165, 1.54) is 22.5 Å². The van der Waals surface area contributed by atoms with E-state index < -0.39 is 0 Å². The molecule has 0 bridgehead atoms. The van der Waals surface area contributed by atoms with E-state index >= 15 is 0 Å². The molecule has 0 aromatic heterocycles. The minimum atomic E-state index is 0.325. The molecule has 0 spiro atoms. The van der Waals surface area contributed by atoms with Gasteiger partial charge in [0.05, 0.1) is 5.70 Å². The van der Waals surface area contributed by atoms with Crippen LogP contribution in [0, 0.1) is 6.92 Å². The molecule has 0 saturated carbocycles. The second kappa shape index (κ2) is 5.04. The average molecular weight is 264 g/mol. The summed E-state index contributed by atoms with van der Waals surface area (Å²) in [4.78, 5) is 4.67. The van der Waals surface area contributed by atoms with E-state index in [2.05, 4.69) is 91.5 Å². The first-order chi connectivity index (χ1) is 9.68. The summed E-state index contributed by atoms with van der Waals surface area (Å²) in [5.74, 6) is 0. The Kier molecular flexibility index (Phi) is 3.23. The fraction of sp³-hybridized carbons (Fsp3) is 0.222. The van der Waals surface area contributed by atoms with Crippen LogP contribution in [0.1, 0.15) is 18.1 Å². The van der Waals surface area contributed by atoms with Gasteiger partial charge in [0.1, 0.15) is 6.17 Å². The van der Waals surface area contributed by atoms with E-state index in [0.29, 0.717) is 6.17 Å². The Labute approximate surface area is 121 Å². The third-order valence-corrected chi connectivity index (χ3v) is 4.07. The maximum absolute atomic E-state index is 2.34. The second-order valence-corrected chi connectivity index (χ2v) is 5.32. The molecule has 2 nitrogen and oxygen atoms in total. The molecule has 1 aliphatic rings. The van der Waals surface area contributed by atoms with E-state index in [0.717, 1.165) is 0 Å². The Morgan fingerprint density at radius 1 is 0.900 bits per heavy atom. The molecule has 0 fully saturated rings. The van der Waals surface area contributed by atoms with Gasteiger partial charge >= 0.3 is 0 Å². The van der Waals surface area contributed by atoms with Crippen LogP contribution in [0.3, 0.4) is 0 Å². The summed E-state index contributed by atoms with van der Waals surface area (Å²) >= 11 is 0. The van der Waals surface area contributed by atoms with E-state index in [-0.39, 0.29) is 0 Å². The fourth-order valence-electron chi connectivity index (χ4n) is 2.73. The van der Waals surface area contributed by atoms with Crippen molar-refractivity contribution in [3.05, 3.63) is 71.9 Å². The third-order valence-electron chi connectivity index (χ3n) is 4.07. The molecule has 2 aromatic carbocycles. The molecular weight excluding hydrogens is 244 g/mol. The number of aryl methyl sites for hydroxylation is 1. The molecule has 2 heteroatoms. The third kappa shape index (κ3) is 2.07. The number of nitrogens with zero attached hydrogens (tertiary/aromatic N) is 2. The van der Waals surface area contributed by atoms with E-state index in [1.54, 1.807) is 0 Å². The summed E-state index contributed by atoms with van der Waals surface area (Å²) in [5, 5.41) is 0. The van der Waals surface area contributed by atoms with Gasteiger partial charge in [0, 0.05) is 18.9 Å². The summed E-state index contributed by atoms with van der Waals surface area (Å²) in [5.41, 5.74) is 5.11. The van der Waals surface area contributed by atoms with Crippen molar-refractivity contribution in [1.29, 1.82) is 0 Å². The lowest BCUT2D eigenvalue weighted by molar-refractivity contribution is 0.399. The maximum atomic E-state index is 2.34. The molecule has 3 rings (SSSR count). The number of anilines is 1. The number of hydrogen-bond donors (Lipinski definition) is 0. The Hall–Kier alpha value is -2.22. The van der Waals surface area contributed by atoms with Gasteiger partial charge in [0.2, 0.25) is 0 Å². The average Bonchev–Trinajstić information content (AvgIpc) is 2.77. The van der Waals surface area contributed by atoms with Gasteiger partial charge in [-0.15, -0.1) is 0 Å². The zero-order valence-corrected chi connectivity index (χ0v) is 12.2. The van der Waals surface area contributed by atoms with Crippen LogP contribution in [0.5, 0.6) is 0 Å². The molecule has 0 radical (unpaired) electrons. The van der Waals surface area contributed by atoms with Gasteiger partial charge in [0.25, 0.3) is 0 Å². The Morgan fingerprint density at radius 2 is 1.55 bits per heavy atom. The monoisotopic (exact) mass is 264 g/mol.